The van der Waals surface area contributed by atoms with Crippen molar-refractivity contribution in [2.24, 2.45) is 0 Å². The quantitative estimate of drug-likeness (QED) is 0.468. The first kappa shape index (κ1) is 14.8. The number of aliphatic hydroxyl groups is 1. The van der Waals surface area contributed by atoms with Gasteiger partial charge >= 0.3 is 0 Å². The summed E-state index contributed by atoms with van der Waals surface area (Å²) in [5, 5.41) is 20.0. The standard InChI is InChI=1S/C12H18N2O3S/c1-13(6-3-7-18-2)12-5-4-11(14(16)17)8-10(12)9-15/h4-5,8,15H,3,6-7,9H2,1-2H3. The molecule has 0 aliphatic carbocycles. The van der Waals surface area contributed by atoms with Crippen LogP contribution in [0.5, 0.6) is 0 Å². The number of rotatable bonds is 7. The molecule has 0 saturated carbocycles. The second-order valence-corrected chi connectivity index (χ2v) is 4.98. The van der Waals surface area contributed by atoms with Gasteiger partial charge in [-0.2, -0.15) is 11.8 Å². The molecule has 0 aliphatic rings. The van der Waals surface area contributed by atoms with E-state index in [1.165, 1.54) is 12.1 Å². The van der Waals surface area contributed by atoms with Gasteiger partial charge in [-0.1, -0.05) is 0 Å². The minimum atomic E-state index is -0.448. The number of nitrogens with zero attached hydrogens (tertiary/aromatic N) is 2. The van der Waals surface area contributed by atoms with Crippen molar-refractivity contribution in [2.75, 3.05) is 30.5 Å². The molecule has 0 bridgehead atoms. The normalized spacial score (nSPS) is 10.4. The zero-order valence-corrected chi connectivity index (χ0v) is 11.4. The van der Waals surface area contributed by atoms with Crippen LogP contribution >= 0.6 is 11.8 Å². The molecule has 1 aromatic rings. The van der Waals surface area contributed by atoms with Gasteiger partial charge in [0.05, 0.1) is 11.5 Å². The Hall–Kier alpha value is -1.27. The summed E-state index contributed by atoms with van der Waals surface area (Å²) in [7, 11) is 1.93. The molecule has 5 nitrogen and oxygen atoms in total. The summed E-state index contributed by atoms with van der Waals surface area (Å²) < 4.78 is 0. The van der Waals surface area contributed by atoms with Crippen LogP contribution in [0.15, 0.2) is 18.2 Å². The first-order valence-electron chi connectivity index (χ1n) is 5.68. The first-order valence-corrected chi connectivity index (χ1v) is 7.07. The van der Waals surface area contributed by atoms with E-state index >= 15 is 0 Å². The highest BCUT2D eigenvalue weighted by atomic mass is 32.2. The number of hydrogen-bond acceptors (Lipinski definition) is 5. The molecule has 0 heterocycles. The van der Waals surface area contributed by atoms with Crippen molar-refractivity contribution in [1.29, 1.82) is 0 Å². The molecule has 0 fully saturated rings. The van der Waals surface area contributed by atoms with Crippen molar-refractivity contribution in [3.05, 3.63) is 33.9 Å². The highest BCUT2D eigenvalue weighted by Crippen LogP contribution is 2.25. The van der Waals surface area contributed by atoms with E-state index in [9.17, 15) is 15.2 Å². The SMILES string of the molecule is CSCCCN(C)c1ccc([N+](=O)[O-])cc1CO. The molecule has 0 atom stereocenters. The van der Waals surface area contributed by atoms with E-state index in [0.29, 0.717) is 5.56 Å². The number of aliphatic hydroxyl groups excluding tert-OH is 1. The molecular formula is C12H18N2O3S. The van der Waals surface area contributed by atoms with Crippen molar-refractivity contribution in [2.45, 2.75) is 13.0 Å². The first-order chi connectivity index (χ1) is 8.60. The van der Waals surface area contributed by atoms with Crippen LogP contribution in [-0.2, 0) is 6.61 Å². The minimum absolute atomic E-state index is 0.0142. The molecule has 1 aromatic carbocycles. The smallest absolute Gasteiger partial charge is 0.269 e. The Morgan fingerprint density at radius 1 is 1.50 bits per heavy atom. The number of hydrogen-bond donors (Lipinski definition) is 1. The van der Waals surface area contributed by atoms with Gasteiger partial charge in [-0.3, -0.25) is 10.1 Å². The van der Waals surface area contributed by atoms with Crippen molar-refractivity contribution in [3.8, 4) is 0 Å². The molecule has 0 amide bonds. The van der Waals surface area contributed by atoms with Crippen LogP contribution in [0.1, 0.15) is 12.0 Å². The van der Waals surface area contributed by atoms with Crippen LogP contribution in [0.2, 0.25) is 0 Å². The fraction of sp³-hybridized carbons (Fsp3) is 0.500. The molecule has 100 valence electrons. The van der Waals surface area contributed by atoms with E-state index in [1.807, 2.05) is 11.9 Å². The van der Waals surface area contributed by atoms with Gasteiger partial charge in [-0.25, -0.2) is 0 Å². The van der Waals surface area contributed by atoms with E-state index in [1.54, 1.807) is 17.8 Å². The van der Waals surface area contributed by atoms with Crippen LogP contribution in [0, 0.1) is 10.1 Å². The lowest BCUT2D eigenvalue weighted by atomic mass is 10.1. The fourth-order valence-electron chi connectivity index (χ4n) is 1.75. The molecule has 0 radical (unpaired) electrons. The number of anilines is 1. The lowest BCUT2D eigenvalue weighted by Gasteiger charge is -2.21. The zero-order chi connectivity index (χ0) is 13.5. The van der Waals surface area contributed by atoms with Crippen molar-refractivity contribution < 1.29 is 10.0 Å². The molecule has 0 unspecified atom stereocenters. The maximum absolute atomic E-state index is 10.7. The molecule has 0 saturated heterocycles. The molecule has 1 rings (SSSR count). The van der Waals surface area contributed by atoms with Crippen LogP contribution in [-0.4, -0.2) is 35.6 Å². The predicted octanol–water partition coefficient (Wildman–Crippen LogP) is 2.28. The highest BCUT2D eigenvalue weighted by molar-refractivity contribution is 7.98. The molecule has 0 aromatic heterocycles. The Morgan fingerprint density at radius 2 is 2.22 bits per heavy atom. The van der Waals surface area contributed by atoms with Crippen molar-refractivity contribution in [3.63, 3.8) is 0 Å². The Balaban J connectivity index is 2.84. The summed E-state index contributed by atoms with van der Waals surface area (Å²) in [6, 6.07) is 4.60. The van der Waals surface area contributed by atoms with Gasteiger partial charge in [0.1, 0.15) is 0 Å². The Kier molecular flexibility index (Phi) is 5.94. The van der Waals surface area contributed by atoms with Crippen LogP contribution < -0.4 is 4.90 Å². The third-order valence-electron chi connectivity index (χ3n) is 2.70. The third kappa shape index (κ3) is 3.89. The van der Waals surface area contributed by atoms with Crippen molar-refractivity contribution >= 4 is 23.1 Å². The Labute approximate surface area is 111 Å². The zero-order valence-electron chi connectivity index (χ0n) is 10.6. The Bertz CT molecular complexity index is 412. The average Bonchev–Trinajstić information content (AvgIpc) is 2.38. The predicted molar refractivity (Wildman–Crippen MR) is 75.3 cm³/mol. The van der Waals surface area contributed by atoms with E-state index in [2.05, 4.69) is 6.26 Å². The van der Waals surface area contributed by atoms with E-state index < -0.39 is 4.92 Å². The number of nitro benzene ring substituents is 1. The number of nitro groups is 1. The summed E-state index contributed by atoms with van der Waals surface area (Å²) in [5.74, 6) is 1.08. The topological polar surface area (TPSA) is 66.6 Å². The largest absolute Gasteiger partial charge is 0.392 e. The minimum Gasteiger partial charge on any atom is -0.392 e. The number of thioether (sulfide) groups is 1. The lowest BCUT2D eigenvalue weighted by Crippen LogP contribution is -2.20. The summed E-state index contributed by atoms with van der Waals surface area (Å²) in [5.41, 5.74) is 1.46. The lowest BCUT2D eigenvalue weighted by molar-refractivity contribution is -0.384. The van der Waals surface area contributed by atoms with Gasteiger partial charge < -0.3 is 10.0 Å². The van der Waals surface area contributed by atoms with E-state index in [0.717, 1.165) is 24.4 Å². The summed E-state index contributed by atoms with van der Waals surface area (Å²) in [6.07, 6.45) is 3.10. The van der Waals surface area contributed by atoms with Crippen molar-refractivity contribution in [1.82, 2.24) is 0 Å². The third-order valence-corrected chi connectivity index (χ3v) is 3.39. The van der Waals surface area contributed by atoms with Gasteiger partial charge in [0.2, 0.25) is 0 Å². The Morgan fingerprint density at radius 3 is 2.78 bits per heavy atom. The molecule has 6 heteroatoms. The maximum Gasteiger partial charge on any atom is 0.269 e. The molecular weight excluding hydrogens is 252 g/mol. The monoisotopic (exact) mass is 270 g/mol. The summed E-state index contributed by atoms with van der Waals surface area (Å²) in [4.78, 5) is 12.2. The molecule has 18 heavy (non-hydrogen) atoms. The summed E-state index contributed by atoms with van der Waals surface area (Å²) >= 11 is 1.79. The molecule has 0 aliphatic heterocycles. The van der Waals surface area contributed by atoms with Crippen LogP contribution in [0.3, 0.4) is 0 Å². The summed E-state index contributed by atoms with van der Waals surface area (Å²) in [6.45, 7) is 0.676. The van der Waals surface area contributed by atoms with Crippen LogP contribution in [0.25, 0.3) is 0 Å². The van der Waals surface area contributed by atoms with Gasteiger partial charge in [0.15, 0.2) is 0 Å². The highest BCUT2D eigenvalue weighted by Gasteiger charge is 2.12. The van der Waals surface area contributed by atoms with Gasteiger partial charge in [-0.05, 0) is 24.5 Å². The van der Waals surface area contributed by atoms with Crippen LogP contribution in [0.4, 0.5) is 11.4 Å². The average molecular weight is 270 g/mol. The number of benzene rings is 1. The fourth-order valence-corrected chi connectivity index (χ4v) is 2.17. The van der Waals surface area contributed by atoms with E-state index in [-0.39, 0.29) is 12.3 Å². The van der Waals surface area contributed by atoms with Gasteiger partial charge in [-0.15, -0.1) is 0 Å². The second kappa shape index (κ2) is 7.23. The van der Waals surface area contributed by atoms with Gasteiger partial charge in [0, 0.05) is 37.0 Å². The maximum atomic E-state index is 10.7. The van der Waals surface area contributed by atoms with E-state index in [4.69, 9.17) is 0 Å². The van der Waals surface area contributed by atoms with Gasteiger partial charge in [0.25, 0.3) is 5.69 Å². The molecule has 0 spiro atoms. The number of non-ortho nitro benzene ring substituents is 1. The molecule has 1 N–H and O–H groups in total. The second-order valence-electron chi connectivity index (χ2n) is 4.00.